The van der Waals surface area contributed by atoms with Crippen molar-refractivity contribution < 1.29 is 4.79 Å². The number of hydrogen-bond acceptors (Lipinski definition) is 4. The number of pyridine rings is 2. The zero-order valence-electron chi connectivity index (χ0n) is 19.4. The average Bonchev–Trinajstić information content (AvgIpc) is 3.09. The third-order valence-electron chi connectivity index (χ3n) is 6.11. The normalized spacial score (nSPS) is 11.2. The Labute approximate surface area is 195 Å². The molecule has 0 fully saturated rings. The lowest BCUT2D eigenvalue weighted by Gasteiger charge is -2.12. The van der Waals surface area contributed by atoms with Crippen LogP contribution in [0.2, 0.25) is 0 Å². The molecule has 2 aromatic carbocycles. The Balaban J connectivity index is 1.74. The first kappa shape index (κ1) is 21.4. The summed E-state index contributed by atoms with van der Waals surface area (Å²) in [5.74, 6) is 0.458. The number of fused-ring (bicyclic) bond motifs is 3. The molecule has 0 bridgehead atoms. The summed E-state index contributed by atoms with van der Waals surface area (Å²) in [6.07, 6.45) is 3.47. The summed E-state index contributed by atoms with van der Waals surface area (Å²) in [7, 11) is 3.32. The Morgan fingerprint density at radius 3 is 2.35 bits per heavy atom. The molecule has 0 radical (unpaired) electrons. The third-order valence-corrected chi connectivity index (χ3v) is 6.11. The second-order valence-electron chi connectivity index (χ2n) is 8.28. The zero-order chi connectivity index (χ0) is 24.0. The van der Waals surface area contributed by atoms with Crippen molar-refractivity contribution in [3.05, 3.63) is 82.5 Å². The van der Waals surface area contributed by atoms with Gasteiger partial charge in [0.1, 0.15) is 5.82 Å². The molecule has 34 heavy (non-hydrogen) atoms. The quantitative estimate of drug-likeness (QED) is 0.427. The fourth-order valence-corrected chi connectivity index (χ4v) is 4.36. The number of nitrogens with zero attached hydrogens (tertiary/aromatic N) is 4. The number of hydrogen-bond donors (Lipinski definition) is 2. The SMILES string of the molecule is CNC(=O)Nc1ccc(-c2ccc3ncc4c(c3c2)n(-c2c(C)cccc2C)c(=O)n4C)cn1. The first-order valence-electron chi connectivity index (χ1n) is 10.9. The minimum atomic E-state index is -0.326. The molecule has 0 aliphatic carbocycles. The predicted octanol–water partition coefficient (Wildman–Crippen LogP) is 4.31. The van der Waals surface area contributed by atoms with Crippen molar-refractivity contribution in [2.45, 2.75) is 13.8 Å². The van der Waals surface area contributed by atoms with E-state index in [4.69, 9.17) is 0 Å². The van der Waals surface area contributed by atoms with Gasteiger partial charge in [-0.1, -0.05) is 24.3 Å². The number of nitrogens with one attached hydrogen (secondary N) is 2. The van der Waals surface area contributed by atoms with Crippen LogP contribution in [-0.4, -0.2) is 32.2 Å². The maximum absolute atomic E-state index is 13.4. The van der Waals surface area contributed by atoms with Crippen molar-refractivity contribution in [3.8, 4) is 16.8 Å². The second kappa shape index (κ2) is 8.15. The van der Waals surface area contributed by atoms with Gasteiger partial charge in [0, 0.05) is 31.2 Å². The Morgan fingerprint density at radius 1 is 0.941 bits per heavy atom. The number of amides is 2. The highest BCUT2D eigenvalue weighted by Crippen LogP contribution is 2.31. The number of benzene rings is 2. The first-order valence-corrected chi connectivity index (χ1v) is 10.9. The summed E-state index contributed by atoms with van der Waals surface area (Å²) in [4.78, 5) is 33.9. The predicted molar refractivity (Wildman–Crippen MR) is 135 cm³/mol. The Morgan fingerprint density at radius 2 is 1.68 bits per heavy atom. The lowest BCUT2D eigenvalue weighted by Crippen LogP contribution is -2.24. The van der Waals surface area contributed by atoms with E-state index in [1.807, 2.05) is 56.3 Å². The number of aryl methyl sites for hydroxylation is 3. The van der Waals surface area contributed by atoms with E-state index in [0.717, 1.165) is 49.9 Å². The molecule has 2 N–H and O–H groups in total. The molecule has 0 aliphatic rings. The molecule has 0 saturated heterocycles. The van der Waals surface area contributed by atoms with Crippen molar-refractivity contribution in [1.82, 2.24) is 24.4 Å². The van der Waals surface area contributed by atoms with Gasteiger partial charge in [0.25, 0.3) is 0 Å². The van der Waals surface area contributed by atoms with E-state index in [1.54, 1.807) is 41.7 Å². The largest absolute Gasteiger partial charge is 0.341 e. The van der Waals surface area contributed by atoms with E-state index in [0.29, 0.717) is 5.82 Å². The summed E-state index contributed by atoms with van der Waals surface area (Å²) in [5.41, 5.74) is 7.04. The minimum Gasteiger partial charge on any atom is -0.341 e. The fraction of sp³-hybridized carbons (Fsp3) is 0.154. The smallest absolute Gasteiger partial charge is 0.333 e. The van der Waals surface area contributed by atoms with Gasteiger partial charge < -0.3 is 5.32 Å². The monoisotopic (exact) mass is 452 g/mol. The van der Waals surface area contributed by atoms with Crippen molar-refractivity contribution in [1.29, 1.82) is 0 Å². The zero-order valence-corrected chi connectivity index (χ0v) is 19.4. The molecule has 0 atom stereocenters. The van der Waals surface area contributed by atoms with Gasteiger partial charge in [0.05, 0.1) is 28.4 Å². The number of rotatable bonds is 3. The molecule has 5 rings (SSSR count). The average molecular weight is 453 g/mol. The van der Waals surface area contributed by atoms with E-state index in [9.17, 15) is 9.59 Å². The molecule has 0 saturated carbocycles. The Kier molecular flexibility index (Phi) is 5.13. The van der Waals surface area contributed by atoms with Crippen LogP contribution >= 0.6 is 0 Å². The summed E-state index contributed by atoms with van der Waals surface area (Å²) < 4.78 is 3.43. The summed E-state index contributed by atoms with van der Waals surface area (Å²) in [5, 5.41) is 6.04. The summed E-state index contributed by atoms with van der Waals surface area (Å²) >= 11 is 0. The molecule has 5 aromatic rings. The van der Waals surface area contributed by atoms with Crippen LogP contribution in [0.1, 0.15) is 11.1 Å². The Hall–Kier alpha value is -4.46. The van der Waals surface area contributed by atoms with E-state index < -0.39 is 0 Å². The van der Waals surface area contributed by atoms with Crippen LogP contribution in [0.15, 0.2) is 65.7 Å². The first-order chi connectivity index (χ1) is 16.4. The summed E-state index contributed by atoms with van der Waals surface area (Å²) in [6, 6.07) is 15.3. The fourth-order valence-electron chi connectivity index (χ4n) is 4.36. The maximum Gasteiger partial charge on any atom is 0.333 e. The number of imidazole rings is 1. The van der Waals surface area contributed by atoms with Gasteiger partial charge in [-0.3, -0.25) is 19.4 Å². The van der Waals surface area contributed by atoms with Gasteiger partial charge in [-0.25, -0.2) is 14.6 Å². The van der Waals surface area contributed by atoms with Crippen LogP contribution in [0, 0.1) is 13.8 Å². The number of carbonyl (C=O) groups excluding carboxylic acids is 1. The summed E-state index contributed by atoms with van der Waals surface area (Å²) in [6.45, 7) is 4.03. The highest BCUT2D eigenvalue weighted by atomic mass is 16.2. The molecule has 3 aromatic heterocycles. The van der Waals surface area contributed by atoms with Crippen LogP contribution in [0.4, 0.5) is 10.6 Å². The van der Waals surface area contributed by atoms with Gasteiger partial charge in [-0.15, -0.1) is 0 Å². The number of carbonyl (C=O) groups is 1. The van der Waals surface area contributed by atoms with E-state index in [2.05, 4.69) is 20.6 Å². The molecule has 8 nitrogen and oxygen atoms in total. The lowest BCUT2D eigenvalue weighted by atomic mass is 10.0. The molecule has 0 spiro atoms. The molecule has 0 aliphatic heterocycles. The van der Waals surface area contributed by atoms with E-state index in [1.165, 1.54) is 0 Å². The van der Waals surface area contributed by atoms with Crippen LogP contribution in [0.5, 0.6) is 0 Å². The molecule has 170 valence electrons. The van der Waals surface area contributed by atoms with Crippen LogP contribution in [-0.2, 0) is 7.05 Å². The van der Waals surface area contributed by atoms with Crippen molar-refractivity contribution in [2.24, 2.45) is 7.05 Å². The number of para-hydroxylation sites is 1. The van der Waals surface area contributed by atoms with Gasteiger partial charge in [-0.05, 0) is 54.8 Å². The van der Waals surface area contributed by atoms with E-state index >= 15 is 0 Å². The van der Waals surface area contributed by atoms with Crippen LogP contribution in [0.25, 0.3) is 38.8 Å². The number of urea groups is 1. The lowest BCUT2D eigenvalue weighted by molar-refractivity contribution is 0.254. The molecule has 0 unspecified atom stereocenters. The van der Waals surface area contributed by atoms with Crippen molar-refractivity contribution >= 4 is 33.8 Å². The maximum atomic E-state index is 13.4. The van der Waals surface area contributed by atoms with E-state index in [-0.39, 0.29) is 11.7 Å². The second-order valence-corrected chi connectivity index (χ2v) is 8.28. The van der Waals surface area contributed by atoms with Crippen LogP contribution < -0.4 is 16.3 Å². The van der Waals surface area contributed by atoms with Crippen molar-refractivity contribution in [2.75, 3.05) is 12.4 Å². The molecule has 2 amide bonds. The molecule has 3 heterocycles. The van der Waals surface area contributed by atoms with Gasteiger partial charge >= 0.3 is 11.7 Å². The topological polar surface area (TPSA) is 93.8 Å². The number of aromatic nitrogens is 4. The van der Waals surface area contributed by atoms with Gasteiger partial charge in [0.2, 0.25) is 0 Å². The highest BCUT2D eigenvalue weighted by Gasteiger charge is 2.19. The third kappa shape index (κ3) is 3.40. The number of anilines is 1. The molecule has 8 heteroatoms. The minimum absolute atomic E-state index is 0.113. The molecular weight excluding hydrogens is 428 g/mol. The van der Waals surface area contributed by atoms with Gasteiger partial charge in [-0.2, -0.15) is 0 Å². The van der Waals surface area contributed by atoms with Crippen LogP contribution in [0.3, 0.4) is 0 Å². The van der Waals surface area contributed by atoms with Crippen molar-refractivity contribution in [3.63, 3.8) is 0 Å². The highest BCUT2D eigenvalue weighted by molar-refractivity contribution is 6.04. The Bertz CT molecular complexity index is 1610. The molecular formula is C26H24N6O2. The standard InChI is InChI=1S/C26H24N6O2/c1-15-6-5-7-16(2)23(15)32-24-19-12-17(18-9-11-22(29-13-18)30-25(33)27-3)8-10-20(19)28-14-21(24)31(4)26(32)34/h5-14H,1-4H3,(H2,27,29,30,33). The van der Waals surface area contributed by atoms with Gasteiger partial charge in [0.15, 0.2) is 0 Å².